The van der Waals surface area contributed by atoms with Gasteiger partial charge in [-0.25, -0.2) is 4.39 Å². The molecule has 0 aliphatic carbocycles. The Morgan fingerprint density at radius 1 is 1.24 bits per heavy atom. The first-order valence-corrected chi connectivity index (χ1v) is 6.26. The van der Waals surface area contributed by atoms with Gasteiger partial charge in [0.1, 0.15) is 11.6 Å². The lowest BCUT2D eigenvalue weighted by Crippen LogP contribution is -2.22. The average molecular weight is 251 g/mol. The summed E-state index contributed by atoms with van der Waals surface area (Å²) in [5.74, 6) is 0.544. The highest BCUT2D eigenvalue weighted by Crippen LogP contribution is 2.38. The van der Waals surface area contributed by atoms with Crippen LogP contribution in [0.2, 0.25) is 0 Å². The zero-order valence-corrected chi connectivity index (χ0v) is 10.3. The molecule has 2 atom stereocenters. The van der Waals surface area contributed by atoms with Crippen LogP contribution in [0, 0.1) is 5.82 Å². The normalized spacial score (nSPS) is 14.5. The maximum absolute atomic E-state index is 13.6. The molecule has 0 saturated heterocycles. The van der Waals surface area contributed by atoms with Crippen LogP contribution in [0.1, 0.15) is 17.9 Å². The van der Waals surface area contributed by atoms with Crippen molar-refractivity contribution in [3.05, 3.63) is 54.2 Å². The fraction of sp³-hybridized carbons (Fsp3) is 0.231. The molecule has 1 aromatic carbocycles. The number of benzene rings is 1. The van der Waals surface area contributed by atoms with Crippen molar-refractivity contribution in [2.75, 3.05) is 0 Å². The fourth-order valence-corrected chi connectivity index (χ4v) is 2.63. The van der Waals surface area contributed by atoms with Gasteiger partial charge >= 0.3 is 0 Å². The van der Waals surface area contributed by atoms with E-state index in [-0.39, 0.29) is 17.1 Å². The van der Waals surface area contributed by atoms with Gasteiger partial charge in [0, 0.05) is 10.9 Å². The molecule has 2 unspecified atom stereocenters. The molecule has 0 radical (unpaired) electrons. The number of nitrogens with two attached hydrogens (primary N) is 1. The molecule has 2 rings (SSSR count). The molecular weight excluding hydrogens is 237 g/mol. The van der Waals surface area contributed by atoms with E-state index >= 15 is 0 Å². The molecule has 2 N–H and O–H groups in total. The van der Waals surface area contributed by atoms with Gasteiger partial charge in [-0.05, 0) is 31.2 Å². The Kier molecular flexibility index (Phi) is 3.86. The molecule has 90 valence electrons. The second kappa shape index (κ2) is 5.38. The van der Waals surface area contributed by atoms with Crippen LogP contribution >= 0.6 is 11.8 Å². The average Bonchev–Trinajstić information content (AvgIpc) is 2.81. The molecule has 2 nitrogen and oxygen atoms in total. The number of hydrogen-bond acceptors (Lipinski definition) is 3. The van der Waals surface area contributed by atoms with Crippen LogP contribution in [0.3, 0.4) is 0 Å². The van der Waals surface area contributed by atoms with Gasteiger partial charge < -0.3 is 10.2 Å². The molecule has 1 heterocycles. The molecule has 0 spiro atoms. The van der Waals surface area contributed by atoms with E-state index in [1.807, 2.05) is 25.1 Å². The summed E-state index contributed by atoms with van der Waals surface area (Å²) >= 11 is 1.39. The van der Waals surface area contributed by atoms with Crippen molar-refractivity contribution in [1.29, 1.82) is 0 Å². The fourth-order valence-electron chi connectivity index (χ4n) is 1.55. The molecule has 1 aromatic heterocycles. The summed E-state index contributed by atoms with van der Waals surface area (Å²) in [6.07, 6.45) is 1.60. The molecule has 2 aromatic rings. The lowest BCUT2D eigenvalue weighted by atomic mass is 10.2. The standard InChI is InChI=1S/C13H14FNOS/c1-9(15)13(11-6-4-8-16-11)17-12-7-3-2-5-10(12)14/h2-9,13H,15H2,1H3. The van der Waals surface area contributed by atoms with Gasteiger partial charge in [-0.3, -0.25) is 0 Å². The first-order chi connectivity index (χ1) is 8.18. The highest BCUT2D eigenvalue weighted by Gasteiger charge is 2.21. The quantitative estimate of drug-likeness (QED) is 0.844. The van der Waals surface area contributed by atoms with E-state index in [1.165, 1.54) is 17.8 Å². The first kappa shape index (κ1) is 12.2. The van der Waals surface area contributed by atoms with E-state index in [1.54, 1.807) is 18.4 Å². The summed E-state index contributed by atoms with van der Waals surface area (Å²) in [5.41, 5.74) is 5.92. The largest absolute Gasteiger partial charge is 0.468 e. The topological polar surface area (TPSA) is 39.2 Å². The number of rotatable bonds is 4. The van der Waals surface area contributed by atoms with Crippen molar-refractivity contribution >= 4 is 11.8 Å². The van der Waals surface area contributed by atoms with Crippen LogP contribution in [0.25, 0.3) is 0 Å². The predicted octanol–water partition coefficient (Wildman–Crippen LogP) is 3.60. The summed E-state index contributed by atoms with van der Waals surface area (Å²) in [7, 11) is 0. The Hall–Kier alpha value is -1.26. The van der Waals surface area contributed by atoms with Gasteiger partial charge in [-0.2, -0.15) is 0 Å². The van der Waals surface area contributed by atoms with Gasteiger partial charge in [0.05, 0.1) is 11.5 Å². The van der Waals surface area contributed by atoms with Crippen LogP contribution in [0.5, 0.6) is 0 Å². The van der Waals surface area contributed by atoms with Gasteiger partial charge in [-0.1, -0.05) is 12.1 Å². The van der Waals surface area contributed by atoms with Crippen molar-refractivity contribution < 1.29 is 8.81 Å². The highest BCUT2D eigenvalue weighted by atomic mass is 32.2. The lowest BCUT2D eigenvalue weighted by molar-refractivity contribution is 0.486. The van der Waals surface area contributed by atoms with E-state index in [0.717, 1.165) is 5.76 Å². The second-order valence-electron chi connectivity index (χ2n) is 3.84. The summed E-state index contributed by atoms with van der Waals surface area (Å²) < 4.78 is 18.9. The molecule has 4 heteroatoms. The Morgan fingerprint density at radius 3 is 2.59 bits per heavy atom. The minimum absolute atomic E-state index is 0.0816. The number of halogens is 1. The monoisotopic (exact) mass is 251 g/mol. The van der Waals surface area contributed by atoms with E-state index < -0.39 is 0 Å². The molecule has 0 amide bonds. The number of thioether (sulfide) groups is 1. The Labute approximate surface area is 104 Å². The molecule has 0 saturated carbocycles. The summed E-state index contributed by atoms with van der Waals surface area (Å²) in [4.78, 5) is 0.589. The number of hydrogen-bond donors (Lipinski definition) is 1. The van der Waals surface area contributed by atoms with Crippen LogP contribution in [-0.4, -0.2) is 6.04 Å². The zero-order chi connectivity index (χ0) is 12.3. The van der Waals surface area contributed by atoms with Gasteiger partial charge in [0.15, 0.2) is 0 Å². The number of furan rings is 1. The minimum atomic E-state index is -0.227. The summed E-state index contributed by atoms with van der Waals surface area (Å²) in [5, 5.41) is -0.0816. The van der Waals surface area contributed by atoms with Crippen molar-refractivity contribution in [1.82, 2.24) is 0 Å². The Balaban J connectivity index is 2.23. The van der Waals surface area contributed by atoms with Crippen LogP contribution in [0.15, 0.2) is 52.0 Å². The molecule has 0 bridgehead atoms. The van der Waals surface area contributed by atoms with Gasteiger partial charge in [0.2, 0.25) is 0 Å². The third-order valence-electron chi connectivity index (χ3n) is 2.39. The van der Waals surface area contributed by atoms with Crippen LogP contribution in [0.4, 0.5) is 4.39 Å². The van der Waals surface area contributed by atoms with E-state index in [2.05, 4.69) is 0 Å². The summed E-state index contributed by atoms with van der Waals surface area (Å²) in [6.45, 7) is 1.89. The highest BCUT2D eigenvalue weighted by molar-refractivity contribution is 7.99. The molecule has 17 heavy (non-hydrogen) atoms. The predicted molar refractivity (Wildman–Crippen MR) is 67.4 cm³/mol. The maximum Gasteiger partial charge on any atom is 0.136 e. The maximum atomic E-state index is 13.6. The smallest absolute Gasteiger partial charge is 0.136 e. The minimum Gasteiger partial charge on any atom is -0.468 e. The van der Waals surface area contributed by atoms with Crippen LogP contribution < -0.4 is 5.73 Å². The SMILES string of the molecule is CC(N)C(Sc1ccccc1F)c1ccco1. The van der Waals surface area contributed by atoms with Crippen molar-refractivity contribution in [3.8, 4) is 0 Å². The third-order valence-corrected chi connectivity index (χ3v) is 3.89. The molecule has 0 fully saturated rings. The third kappa shape index (κ3) is 2.90. The zero-order valence-electron chi connectivity index (χ0n) is 9.47. The van der Waals surface area contributed by atoms with Crippen molar-refractivity contribution in [3.63, 3.8) is 0 Å². The molecule has 0 aliphatic heterocycles. The second-order valence-corrected chi connectivity index (χ2v) is 5.03. The lowest BCUT2D eigenvalue weighted by Gasteiger charge is -2.18. The van der Waals surface area contributed by atoms with E-state index in [4.69, 9.17) is 10.2 Å². The van der Waals surface area contributed by atoms with Crippen molar-refractivity contribution in [2.24, 2.45) is 5.73 Å². The Bertz CT molecular complexity index is 470. The first-order valence-electron chi connectivity index (χ1n) is 5.38. The van der Waals surface area contributed by atoms with Gasteiger partial charge in [-0.15, -0.1) is 11.8 Å². The molecular formula is C13H14FNOS. The van der Waals surface area contributed by atoms with E-state index in [0.29, 0.717) is 4.90 Å². The van der Waals surface area contributed by atoms with E-state index in [9.17, 15) is 4.39 Å². The Morgan fingerprint density at radius 2 is 2.00 bits per heavy atom. The van der Waals surface area contributed by atoms with Crippen molar-refractivity contribution in [2.45, 2.75) is 23.1 Å². The summed E-state index contributed by atoms with van der Waals surface area (Å²) in [6, 6.07) is 10.2. The van der Waals surface area contributed by atoms with Gasteiger partial charge in [0.25, 0.3) is 0 Å². The molecule has 0 aliphatic rings. The van der Waals surface area contributed by atoms with Crippen LogP contribution in [-0.2, 0) is 0 Å².